The van der Waals surface area contributed by atoms with Crippen molar-refractivity contribution in [1.82, 2.24) is 19.8 Å². The molecule has 1 unspecified atom stereocenters. The van der Waals surface area contributed by atoms with Crippen LogP contribution in [0.4, 0.5) is 4.79 Å². The zero-order valence-electron chi connectivity index (χ0n) is 22.0. The van der Waals surface area contributed by atoms with Gasteiger partial charge < -0.3 is 30.0 Å². The standard InChI is InChI=1S/C29H31N5O5/c1-3-39-29(37)34-14-12-33(13-15-34)28(36)21(16-18-17-31-22-10-6-4-8-19(18)22)25-24(27(30)35)26(38-2)20-9-5-7-11-23(20)32-25/h4-11,17,21,31H,3,12-16H2,1-2H3,(H2,30,35). The van der Waals surface area contributed by atoms with Crippen LogP contribution in [0.3, 0.4) is 0 Å². The Bertz CT molecular complexity index is 1540. The average molecular weight is 530 g/mol. The molecule has 1 fully saturated rings. The third kappa shape index (κ3) is 4.97. The smallest absolute Gasteiger partial charge is 0.409 e. The number of benzene rings is 2. The summed E-state index contributed by atoms with van der Waals surface area (Å²) in [4.78, 5) is 50.7. The van der Waals surface area contributed by atoms with E-state index in [0.29, 0.717) is 42.8 Å². The van der Waals surface area contributed by atoms with Crippen molar-refractivity contribution in [2.75, 3.05) is 39.9 Å². The number of amides is 3. The van der Waals surface area contributed by atoms with Gasteiger partial charge in [0.1, 0.15) is 11.3 Å². The Kier molecular flexibility index (Phi) is 7.36. The van der Waals surface area contributed by atoms with Crippen LogP contribution in [0.5, 0.6) is 5.75 Å². The molecule has 1 aliphatic rings. The number of methoxy groups -OCH3 is 1. The molecule has 1 aliphatic heterocycles. The number of aromatic amines is 1. The fourth-order valence-electron chi connectivity index (χ4n) is 5.27. The van der Waals surface area contributed by atoms with Crippen molar-refractivity contribution in [2.45, 2.75) is 19.3 Å². The van der Waals surface area contributed by atoms with Crippen LogP contribution in [0.1, 0.15) is 34.5 Å². The Morgan fingerprint density at radius 3 is 2.36 bits per heavy atom. The van der Waals surface area contributed by atoms with Crippen LogP contribution < -0.4 is 10.5 Å². The van der Waals surface area contributed by atoms with E-state index in [1.165, 1.54) is 7.11 Å². The van der Waals surface area contributed by atoms with Gasteiger partial charge in [-0.1, -0.05) is 30.3 Å². The number of pyridine rings is 1. The molecule has 202 valence electrons. The van der Waals surface area contributed by atoms with Crippen molar-refractivity contribution in [2.24, 2.45) is 5.73 Å². The summed E-state index contributed by atoms with van der Waals surface area (Å²) in [6, 6.07) is 15.1. The number of carbonyl (C=O) groups is 3. The lowest BCUT2D eigenvalue weighted by molar-refractivity contribution is -0.134. The largest absolute Gasteiger partial charge is 0.495 e. The van der Waals surface area contributed by atoms with Crippen LogP contribution in [-0.2, 0) is 16.0 Å². The van der Waals surface area contributed by atoms with Crippen molar-refractivity contribution in [1.29, 1.82) is 0 Å². The quantitative estimate of drug-likeness (QED) is 0.377. The van der Waals surface area contributed by atoms with Crippen LogP contribution in [0.15, 0.2) is 54.7 Å². The summed E-state index contributed by atoms with van der Waals surface area (Å²) in [6.07, 6.45) is 1.78. The number of primary amides is 1. The van der Waals surface area contributed by atoms with Gasteiger partial charge in [0.15, 0.2) is 0 Å². The van der Waals surface area contributed by atoms with E-state index in [2.05, 4.69) is 4.98 Å². The van der Waals surface area contributed by atoms with E-state index < -0.39 is 17.9 Å². The number of carbonyl (C=O) groups excluding carboxylic acids is 3. The Labute approximate surface area is 225 Å². The second-order valence-electron chi connectivity index (χ2n) is 9.41. The molecule has 3 heterocycles. The first-order chi connectivity index (χ1) is 18.9. The molecular formula is C29H31N5O5. The lowest BCUT2D eigenvalue weighted by atomic mass is 9.89. The molecule has 10 heteroatoms. The minimum atomic E-state index is -0.820. The molecule has 10 nitrogen and oxygen atoms in total. The zero-order valence-corrected chi connectivity index (χ0v) is 22.0. The molecule has 0 spiro atoms. The molecule has 2 aromatic carbocycles. The maximum atomic E-state index is 14.2. The summed E-state index contributed by atoms with van der Waals surface area (Å²) in [5.74, 6) is -1.44. The maximum Gasteiger partial charge on any atom is 0.409 e. The third-order valence-electron chi connectivity index (χ3n) is 7.17. The first kappa shape index (κ1) is 26.0. The first-order valence-corrected chi connectivity index (χ1v) is 12.9. The van der Waals surface area contributed by atoms with Crippen LogP contribution in [0.25, 0.3) is 21.8 Å². The van der Waals surface area contributed by atoms with Gasteiger partial charge in [-0.25, -0.2) is 4.79 Å². The lowest BCUT2D eigenvalue weighted by Crippen LogP contribution is -2.52. The van der Waals surface area contributed by atoms with Gasteiger partial charge in [-0.05, 0) is 37.1 Å². The molecule has 5 rings (SSSR count). The Morgan fingerprint density at radius 2 is 1.67 bits per heavy atom. The number of aromatic nitrogens is 2. The Hall–Kier alpha value is -4.60. The van der Waals surface area contributed by atoms with Gasteiger partial charge in [0.2, 0.25) is 5.91 Å². The maximum absolute atomic E-state index is 14.2. The SMILES string of the molecule is CCOC(=O)N1CCN(C(=O)C(Cc2c[nH]c3ccccc23)c2nc3ccccc3c(OC)c2C(N)=O)CC1. The predicted octanol–water partition coefficient (Wildman–Crippen LogP) is 3.45. The molecule has 0 radical (unpaired) electrons. The fourth-order valence-corrected chi connectivity index (χ4v) is 5.27. The van der Waals surface area contributed by atoms with Crippen LogP contribution in [0.2, 0.25) is 0 Å². The molecule has 1 saturated heterocycles. The monoisotopic (exact) mass is 529 g/mol. The van der Waals surface area contributed by atoms with Gasteiger partial charge in [0, 0.05) is 48.7 Å². The molecule has 2 aromatic heterocycles. The Morgan fingerprint density at radius 1 is 1.00 bits per heavy atom. The number of ether oxygens (including phenoxy) is 2. The van der Waals surface area contributed by atoms with Crippen molar-refractivity contribution in [3.8, 4) is 5.75 Å². The number of fused-ring (bicyclic) bond motifs is 2. The van der Waals surface area contributed by atoms with Gasteiger partial charge in [-0.15, -0.1) is 0 Å². The highest BCUT2D eigenvalue weighted by atomic mass is 16.6. The summed E-state index contributed by atoms with van der Waals surface area (Å²) in [6.45, 7) is 3.41. The van der Waals surface area contributed by atoms with Gasteiger partial charge in [0.05, 0.1) is 30.8 Å². The van der Waals surface area contributed by atoms with Crippen molar-refractivity contribution >= 4 is 39.7 Å². The van der Waals surface area contributed by atoms with Crippen molar-refractivity contribution < 1.29 is 23.9 Å². The number of nitrogens with zero attached hydrogens (tertiary/aromatic N) is 3. The van der Waals surface area contributed by atoms with Gasteiger partial charge in [-0.3, -0.25) is 14.6 Å². The van der Waals surface area contributed by atoms with Crippen molar-refractivity contribution in [3.63, 3.8) is 0 Å². The summed E-state index contributed by atoms with van der Waals surface area (Å²) < 4.78 is 10.8. The first-order valence-electron chi connectivity index (χ1n) is 12.9. The fraction of sp³-hybridized carbons (Fsp3) is 0.310. The number of rotatable bonds is 7. The van der Waals surface area contributed by atoms with E-state index in [9.17, 15) is 14.4 Å². The minimum absolute atomic E-state index is 0.0968. The highest BCUT2D eigenvalue weighted by Gasteiger charge is 2.35. The van der Waals surface area contributed by atoms with Crippen LogP contribution >= 0.6 is 0 Å². The highest BCUT2D eigenvalue weighted by molar-refractivity contribution is 6.04. The lowest BCUT2D eigenvalue weighted by Gasteiger charge is -2.36. The molecule has 0 aliphatic carbocycles. The number of hydrogen-bond donors (Lipinski definition) is 2. The number of piperazine rings is 1. The normalized spacial score (nSPS) is 14.4. The molecule has 4 aromatic rings. The summed E-state index contributed by atoms with van der Waals surface area (Å²) in [5, 5.41) is 1.62. The van der Waals surface area contributed by atoms with E-state index in [-0.39, 0.29) is 30.2 Å². The van der Waals surface area contributed by atoms with Gasteiger partial charge in [0.25, 0.3) is 5.91 Å². The molecule has 0 bridgehead atoms. The van der Waals surface area contributed by atoms with E-state index >= 15 is 0 Å². The van der Waals surface area contributed by atoms with Crippen LogP contribution in [-0.4, -0.2) is 77.6 Å². The molecule has 3 N–H and O–H groups in total. The second-order valence-corrected chi connectivity index (χ2v) is 9.41. The molecule has 1 atom stereocenters. The van der Waals surface area contributed by atoms with E-state index in [1.807, 2.05) is 54.7 Å². The highest BCUT2D eigenvalue weighted by Crippen LogP contribution is 2.36. The van der Waals surface area contributed by atoms with E-state index in [0.717, 1.165) is 16.5 Å². The number of nitrogens with one attached hydrogen (secondary N) is 1. The number of H-pyrrole nitrogens is 1. The van der Waals surface area contributed by atoms with Crippen molar-refractivity contribution in [3.05, 3.63) is 71.5 Å². The number of hydrogen-bond acceptors (Lipinski definition) is 6. The van der Waals surface area contributed by atoms with E-state index in [1.54, 1.807) is 16.7 Å². The van der Waals surface area contributed by atoms with Crippen LogP contribution in [0, 0.1) is 0 Å². The predicted molar refractivity (Wildman–Crippen MR) is 147 cm³/mol. The second kappa shape index (κ2) is 11.0. The number of para-hydroxylation sites is 2. The summed E-state index contributed by atoms with van der Waals surface area (Å²) in [5.41, 5.74) is 8.73. The summed E-state index contributed by atoms with van der Waals surface area (Å²) in [7, 11) is 1.48. The van der Waals surface area contributed by atoms with Gasteiger partial charge in [-0.2, -0.15) is 0 Å². The van der Waals surface area contributed by atoms with E-state index in [4.69, 9.17) is 20.2 Å². The molecule has 0 saturated carbocycles. The molecular weight excluding hydrogens is 498 g/mol. The molecule has 3 amide bonds. The zero-order chi connectivity index (χ0) is 27.5. The summed E-state index contributed by atoms with van der Waals surface area (Å²) >= 11 is 0. The van der Waals surface area contributed by atoms with Gasteiger partial charge >= 0.3 is 6.09 Å². The molecule has 39 heavy (non-hydrogen) atoms. The Balaban J connectivity index is 1.59. The topological polar surface area (TPSA) is 131 Å². The number of nitrogens with two attached hydrogens (primary N) is 1. The third-order valence-corrected chi connectivity index (χ3v) is 7.17. The minimum Gasteiger partial charge on any atom is -0.495 e. The average Bonchev–Trinajstić information content (AvgIpc) is 3.37.